The SMILES string of the molecule is CCc1nnc(NC(=O)CCc2nc3ccccc3s2)s1. The Kier molecular flexibility index (Phi) is 4.21. The van der Waals surface area contributed by atoms with Gasteiger partial charge in [-0.15, -0.1) is 21.5 Å². The van der Waals surface area contributed by atoms with Gasteiger partial charge in [0.15, 0.2) is 0 Å². The van der Waals surface area contributed by atoms with Crippen LogP contribution in [0.5, 0.6) is 0 Å². The Morgan fingerprint density at radius 1 is 1.19 bits per heavy atom. The van der Waals surface area contributed by atoms with E-state index in [1.807, 2.05) is 31.2 Å². The standard InChI is InChI=1S/C14H14N4OS2/c1-2-12-17-18-14(21-12)16-11(19)7-8-13-15-9-5-3-4-6-10(9)20-13/h3-6H,2,7-8H2,1H3,(H,16,18,19). The van der Waals surface area contributed by atoms with Crippen LogP contribution >= 0.6 is 22.7 Å². The van der Waals surface area contributed by atoms with Crippen LogP contribution in [0.25, 0.3) is 10.2 Å². The summed E-state index contributed by atoms with van der Waals surface area (Å²) in [5, 5.41) is 13.2. The second-order valence-electron chi connectivity index (χ2n) is 4.48. The summed E-state index contributed by atoms with van der Waals surface area (Å²) in [6.45, 7) is 2.01. The molecular weight excluding hydrogens is 304 g/mol. The van der Waals surface area contributed by atoms with Gasteiger partial charge < -0.3 is 5.32 Å². The van der Waals surface area contributed by atoms with Crippen molar-refractivity contribution in [1.82, 2.24) is 15.2 Å². The predicted molar refractivity (Wildman–Crippen MR) is 85.9 cm³/mol. The molecule has 1 aromatic carbocycles. The first kappa shape index (κ1) is 14.1. The molecule has 0 radical (unpaired) electrons. The molecule has 1 N–H and O–H groups in total. The molecule has 3 rings (SSSR count). The van der Waals surface area contributed by atoms with Crippen molar-refractivity contribution in [2.75, 3.05) is 5.32 Å². The van der Waals surface area contributed by atoms with E-state index in [2.05, 4.69) is 20.5 Å². The summed E-state index contributed by atoms with van der Waals surface area (Å²) in [7, 11) is 0. The molecule has 108 valence electrons. The number of anilines is 1. The van der Waals surface area contributed by atoms with Crippen molar-refractivity contribution in [3.63, 3.8) is 0 Å². The van der Waals surface area contributed by atoms with E-state index in [0.717, 1.165) is 26.7 Å². The third-order valence-electron chi connectivity index (χ3n) is 2.92. The number of aryl methyl sites for hydroxylation is 2. The Balaban J connectivity index is 1.57. The van der Waals surface area contributed by atoms with E-state index < -0.39 is 0 Å². The molecule has 2 heterocycles. The molecule has 0 aliphatic heterocycles. The minimum Gasteiger partial charge on any atom is -0.301 e. The Labute approximate surface area is 130 Å². The summed E-state index contributed by atoms with van der Waals surface area (Å²) in [5.74, 6) is -0.0481. The van der Waals surface area contributed by atoms with Gasteiger partial charge in [-0.05, 0) is 18.6 Å². The highest BCUT2D eigenvalue weighted by Gasteiger charge is 2.09. The lowest BCUT2D eigenvalue weighted by molar-refractivity contribution is -0.116. The van der Waals surface area contributed by atoms with Crippen molar-refractivity contribution in [2.45, 2.75) is 26.2 Å². The molecule has 0 spiro atoms. The van der Waals surface area contributed by atoms with Crippen LogP contribution in [-0.4, -0.2) is 21.1 Å². The van der Waals surface area contributed by atoms with Crippen LogP contribution in [0, 0.1) is 0 Å². The molecule has 21 heavy (non-hydrogen) atoms. The third kappa shape index (κ3) is 3.43. The number of thiazole rings is 1. The average Bonchev–Trinajstić information content (AvgIpc) is 3.10. The van der Waals surface area contributed by atoms with Crippen LogP contribution in [-0.2, 0) is 17.6 Å². The van der Waals surface area contributed by atoms with Crippen molar-refractivity contribution in [3.05, 3.63) is 34.3 Å². The van der Waals surface area contributed by atoms with Gasteiger partial charge in [-0.2, -0.15) is 0 Å². The fourth-order valence-electron chi connectivity index (χ4n) is 1.88. The van der Waals surface area contributed by atoms with Gasteiger partial charge in [-0.3, -0.25) is 4.79 Å². The quantitative estimate of drug-likeness (QED) is 0.784. The Morgan fingerprint density at radius 2 is 2.05 bits per heavy atom. The number of aromatic nitrogens is 3. The number of carbonyl (C=O) groups excluding carboxylic acids is 1. The maximum absolute atomic E-state index is 11.9. The number of nitrogens with zero attached hydrogens (tertiary/aromatic N) is 3. The highest BCUT2D eigenvalue weighted by atomic mass is 32.1. The van der Waals surface area contributed by atoms with Crippen LogP contribution in [0.15, 0.2) is 24.3 Å². The van der Waals surface area contributed by atoms with Gasteiger partial charge in [0.2, 0.25) is 11.0 Å². The zero-order chi connectivity index (χ0) is 14.7. The summed E-state index contributed by atoms with van der Waals surface area (Å²) in [4.78, 5) is 16.4. The van der Waals surface area contributed by atoms with E-state index in [4.69, 9.17) is 0 Å². The zero-order valence-corrected chi connectivity index (χ0v) is 13.1. The monoisotopic (exact) mass is 318 g/mol. The van der Waals surface area contributed by atoms with Crippen LogP contribution in [0.2, 0.25) is 0 Å². The molecule has 5 nitrogen and oxygen atoms in total. The van der Waals surface area contributed by atoms with E-state index in [-0.39, 0.29) is 5.91 Å². The number of benzene rings is 1. The number of hydrogen-bond acceptors (Lipinski definition) is 6. The highest BCUT2D eigenvalue weighted by molar-refractivity contribution is 7.18. The predicted octanol–water partition coefficient (Wildman–Crippen LogP) is 3.28. The van der Waals surface area contributed by atoms with Crippen molar-refractivity contribution in [2.24, 2.45) is 0 Å². The molecule has 7 heteroatoms. The van der Waals surface area contributed by atoms with Gasteiger partial charge in [0.1, 0.15) is 5.01 Å². The van der Waals surface area contributed by atoms with Gasteiger partial charge in [0.05, 0.1) is 15.2 Å². The molecule has 0 saturated heterocycles. The minimum atomic E-state index is -0.0481. The highest BCUT2D eigenvalue weighted by Crippen LogP contribution is 2.22. The second-order valence-corrected chi connectivity index (χ2v) is 6.66. The number of amides is 1. The summed E-state index contributed by atoms with van der Waals surface area (Å²) < 4.78 is 1.16. The maximum atomic E-state index is 11.9. The normalized spacial score (nSPS) is 10.9. The fraction of sp³-hybridized carbons (Fsp3) is 0.286. The number of carbonyl (C=O) groups is 1. The molecule has 0 fully saturated rings. The van der Waals surface area contributed by atoms with Crippen LogP contribution in [0.4, 0.5) is 5.13 Å². The molecule has 0 aliphatic rings. The van der Waals surface area contributed by atoms with E-state index in [0.29, 0.717) is 18.0 Å². The topological polar surface area (TPSA) is 67.8 Å². The molecule has 0 bridgehead atoms. The van der Waals surface area contributed by atoms with E-state index in [1.165, 1.54) is 11.3 Å². The van der Waals surface area contributed by atoms with E-state index >= 15 is 0 Å². The Morgan fingerprint density at radius 3 is 2.81 bits per heavy atom. The minimum absolute atomic E-state index is 0.0481. The summed E-state index contributed by atoms with van der Waals surface area (Å²) >= 11 is 3.06. The lowest BCUT2D eigenvalue weighted by Crippen LogP contribution is -2.12. The summed E-state index contributed by atoms with van der Waals surface area (Å²) in [5.41, 5.74) is 0.995. The van der Waals surface area contributed by atoms with Crippen LogP contribution < -0.4 is 5.32 Å². The van der Waals surface area contributed by atoms with E-state index in [1.54, 1.807) is 11.3 Å². The molecular formula is C14H14N4OS2. The largest absolute Gasteiger partial charge is 0.301 e. The fourth-order valence-corrected chi connectivity index (χ4v) is 3.54. The van der Waals surface area contributed by atoms with Crippen molar-refractivity contribution < 1.29 is 4.79 Å². The first-order valence-corrected chi connectivity index (χ1v) is 8.34. The first-order valence-electron chi connectivity index (χ1n) is 6.71. The zero-order valence-electron chi connectivity index (χ0n) is 11.5. The number of para-hydroxylation sites is 1. The smallest absolute Gasteiger partial charge is 0.226 e. The third-order valence-corrected chi connectivity index (χ3v) is 5.00. The van der Waals surface area contributed by atoms with Crippen molar-refractivity contribution in [3.8, 4) is 0 Å². The van der Waals surface area contributed by atoms with Crippen LogP contribution in [0.1, 0.15) is 23.4 Å². The van der Waals surface area contributed by atoms with Gasteiger partial charge in [-0.1, -0.05) is 30.4 Å². The van der Waals surface area contributed by atoms with E-state index in [9.17, 15) is 4.79 Å². The average molecular weight is 318 g/mol. The van der Waals surface area contributed by atoms with Gasteiger partial charge in [0, 0.05) is 12.8 Å². The molecule has 3 aromatic rings. The number of fused-ring (bicyclic) bond motifs is 1. The van der Waals surface area contributed by atoms with Gasteiger partial charge >= 0.3 is 0 Å². The van der Waals surface area contributed by atoms with Gasteiger partial charge in [-0.25, -0.2) is 4.98 Å². The van der Waals surface area contributed by atoms with Crippen molar-refractivity contribution in [1.29, 1.82) is 0 Å². The number of rotatable bonds is 5. The summed E-state index contributed by atoms with van der Waals surface area (Å²) in [6, 6.07) is 8.00. The lowest BCUT2D eigenvalue weighted by atomic mass is 10.3. The number of nitrogens with one attached hydrogen (secondary N) is 1. The number of hydrogen-bond donors (Lipinski definition) is 1. The molecule has 0 atom stereocenters. The summed E-state index contributed by atoms with van der Waals surface area (Å²) in [6.07, 6.45) is 1.88. The van der Waals surface area contributed by atoms with Crippen molar-refractivity contribution >= 4 is 43.9 Å². The molecule has 1 amide bonds. The Bertz CT molecular complexity index is 732. The van der Waals surface area contributed by atoms with Crippen LogP contribution in [0.3, 0.4) is 0 Å². The maximum Gasteiger partial charge on any atom is 0.226 e. The second kappa shape index (κ2) is 6.28. The molecule has 0 saturated carbocycles. The van der Waals surface area contributed by atoms with Gasteiger partial charge in [0.25, 0.3) is 0 Å². The molecule has 0 unspecified atom stereocenters. The molecule has 0 aliphatic carbocycles. The Hall–Kier alpha value is -1.86. The lowest BCUT2D eigenvalue weighted by Gasteiger charge is -1.98. The molecule has 2 aromatic heterocycles. The first-order chi connectivity index (χ1) is 10.2.